The lowest BCUT2D eigenvalue weighted by molar-refractivity contribution is -0.138. The van der Waals surface area contributed by atoms with Gasteiger partial charge in [-0.2, -0.15) is 0 Å². The molecule has 0 fully saturated rings. The first-order valence-corrected chi connectivity index (χ1v) is 5.94. The number of hydrogen-bond acceptors (Lipinski definition) is 2. The largest absolute Gasteiger partial charge is 0.481 e. The molecule has 0 aromatic heterocycles. The Morgan fingerprint density at radius 3 is 2.60 bits per heavy atom. The van der Waals surface area contributed by atoms with Crippen LogP contribution in [-0.2, 0) is 4.79 Å². The third-order valence-electron chi connectivity index (χ3n) is 3.10. The molecule has 1 N–H and O–H groups in total. The zero-order chi connectivity index (χ0) is 14.7. The summed E-state index contributed by atoms with van der Waals surface area (Å²) in [5.74, 6) is -2.40. The molecule has 0 heterocycles. The fraction of sp³-hybridized carbons (Fsp3) is 0.133. The SMILES string of the molecule is CC(C(=O)O)c1ccc(-c2cccc(OF)c2)c(F)c1. The normalized spacial score (nSPS) is 11.9. The molecule has 0 radical (unpaired) electrons. The summed E-state index contributed by atoms with van der Waals surface area (Å²) in [5, 5.41) is 8.90. The van der Waals surface area contributed by atoms with E-state index in [0.29, 0.717) is 11.1 Å². The van der Waals surface area contributed by atoms with Crippen LogP contribution in [0.3, 0.4) is 0 Å². The van der Waals surface area contributed by atoms with Gasteiger partial charge >= 0.3 is 5.97 Å². The summed E-state index contributed by atoms with van der Waals surface area (Å²) in [6.07, 6.45) is 0. The van der Waals surface area contributed by atoms with Crippen LogP contribution in [0.1, 0.15) is 18.4 Å². The van der Waals surface area contributed by atoms with Crippen molar-refractivity contribution in [2.75, 3.05) is 0 Å². The number of halogens is 2. The fourth-order valence-corrected chi connectivity index (χ4v) is 1.89. The predicted molar refractivity (Wildman–Crippen MR) is 69.6 cm³/mol. The van der Waals surface area contributed by atoms with Gasteiger partial charge in [-0.1, -0.05) is 24.3 Å². The Morgan fingerprint density at radius 1 is 1.25 bits per heavy atom. The summed E-state index contributed by atoms with van der Waals surface area (Å²) in [4.78, 5) is 14.5. The molecule has 3 nitrogen and oxygen atoms in total. The zero-order valence-corrected chi connectivity index (χ0v) is 10.6. The molecule has 0 aliphatic carbocycles. The molecular formula is C15H12F2O3. The number of aliphatic carboxylic acids is 1. The van der Waals surface area contributed by atoms with E-state index in [2.05, 4.69) is 4.94 Å². The van der Waals surface area contributed by atoms with Crippen LogP contribution in [-0.4, -0.2) is 11.1 Å². The first-order valence-electron chi connectivity index (χ1n) is 5.94. The summed E-state index contributed by atoms with van der Waals surface area (Å²) >= 11 is 0. The molecule has 0 saturated carbocycles. The van der Waals surface area contributed by atoms with Crippen molar-refractivity contribution in [2.24, 2.45) is 0 Å². The molecule has 0 aliphatic rings. The molecule has 0 amide bonds. The Labute approximate surface area is 114 Å². The second kappa shape index (κ2) is 5.69. The van der Waals surface area contributed by atoms with E-state index < -0.39 is 17.7 Å². The molecule has 1 atom stereocenters. The minimum absolute atomic E-state index is 0.0233. The molecule has 2 aromatic rings. The van der Waals surface area contributed by atoms with E-state index in [9.17, 15) is 13.7 Å². The van der Waals surface area contributed by atoms with Crippen molar-refractivity contribution >= 4 is 5.97 Å². The Bertz CT molecular complexity index is 641. The van der Waals surface area contributed by atoms with Gasteiger partial charge < -0.3 is 5.11 Å². The summed E-state index contributed by atoms with van der Waals surface area (Å²) in [6, 6.07) is 10.1. The minimum Gasteiger partial charge on any atom is -0.481 e. The number of carbonyl (C=O) groups is 1. The van der Waals surface area contributed by atoms with E-state index in [1.807, 2.05) is 0 Å². The fourth-order valence-electron chi connectivity index (χ4n) is 1.89. The zero-order valence-electron chi connectivity index (χ0n) is 10.6. The first kappa shape index (κ1) is 14.0. The van der Waals surface area contributed by atoms with Crippen LogP contribution in [0.5, 0.6) is 5.75 Å². The summed E-state index contributed by atoms with van der Waals surface area (Å²) in [7, 11) is 0. The highest BCUT2D eigenvalue weighted by atomic mass is 19.3. The quantitative estimate of drug-likeness (QED) is 0.921. The molecule has 2 aromatic carbocycles. The van der Waals surface area contributed by atoms with Crippen LogP contribution in [0.15, 0.2) is 42.5 Å². The van der Waals surface area contributed by atoms with E-state index in [1.165, 1.54) is 37.3 Å². The maximum absolute atomic E-state index is 14.1. The van der Waals surface area contributed by atoms with Gasteiger partial charge in [0.1, 0.15) is 5.82 Å². The molecule has 0 bridgehead atoms. The van der Waals surface area contributed by atoms with Crippen molar-refractivity contribution < 1.29 is 23.8 Å². The maximum Gasteiger partial charge on any atom is 0.310 e. The molecular weight excluding hydrogens is 266 g/mol. The van der Waals surface area contributed by atoms with Crippen LogP contribution in [0.25, 0.3) is 11.1 Å². The van der Waals surface area contributed by atoms with Crippen LogP contribution >= 0.6 is 0 Å². The van der Waals surface area contributed by atoms with Gasteiger partial charge in [0.15, 0.2) is 5.75 Å². The third-order valence-corrected chi connectivity index (χ3v) is 3.10. The Morgan fingerprint density at radius 2 is 2.00 bits per heavy atom. The maximum atomic E-state index is 14.1. The third kappa shape index (κ3) is 2.77. The van der Waals surface area contributed by atoms with E-state index in [1.54, 1.807) is 12.1 Å². The highest BCUT2D eigenvalue weighted by molar-refractivity contribution is 5.76. The Balaban J connectivity index is 2.41. The van der Waals surface area contributed by atoms with Gasteiger partial charge in [0, 0.05) is 10.1 Å². The summed E-state index contributed by atoms with van der Waals surface area (Å²) < 4.78 is 26.2. The van der Waals surface area contributed by atoms with Crippen LogP contribution < -0.4 is 4.94 Å². The molecule has 0 aliphatic heterocycles. The van der Waals surface area contributed by atoms with E-state index in [4.69, 9.17) is 5.11 Å². The first-order chi connectivity index (χ1) is 9.52. The average Bonchev–Trinajstić information content (AvgIpc) is 2.46. The van der Waals surface area contributed by atoms with Gasteiger partial charge in [-0.05, 0) is 36.2 Å². The molecule has 0 spiro atoms. The van der Waals surface area contributed by atoms with Crippen LogP contribution in [0, 0.1) is 5.82 Å². The van der Waals surface area contributed by atoms with Crippen LogP contribution in [0.4, 0.5) is 8.92 Å². The van der Waals surface area contributed by atoms with Crippen molar-refractivity contribution in [3.63, 3.8) is 0 Å². The van der Waals surface area contributed by atoms with Gasteiger partial charge in [0.2, 0.25) is 0 Å². The number of benzene rings is 2. The monoisotopic (exact) mass is 278 g/mol. The van der Waals surface area contributed by atoms with E-state index in [0.717, 1.165) is 0 Å². The van der Waals surface area contributed by atoms with Crippen molar-refractivity contribution in [2.45, 2.75) is 12.8 Å². The second-order valence-electron chi connectivity index (χ2n) is 4.40. The van der Waals surface area contributed by atoms with Crippen molar-refractivity contribution in [1.29, 1.82) is 0 Å². The van der Waals surface area contributed by atoms with Gasteiger partial charge in [-0.15, -0.1) is 0 Å². The minimum atomic E-state index is -1.02. The van der Waals surface area contributed by atoms with E-state index >= 15 is 0 Å². The number of carboxylic acid groups (broad SMARTS) is 1. The smallest absolute Gasteiger partial charge is 0.310 e. The van der Waals surface area contributed by atoms with Crippen molar-refractivity contribution in [3.05, 3.63) is 53.8 Å². The number of carboxylic acids is 1. The van der Waals surface area contributed by atoms with Crippen LogP contribution in [0.2, 0.25) is 0 Å². The lowest BCUT2D eigenvalue weighted by Gasteiger charge is -2.10. The summed E-state index contributed by atoms with van der Waals surface area (Å²) in [6.45, 7) is 1.48. The van der Waals surface area contributed by atoms with Gasteiger partial charge in [-0.25, -0.2) is 4.39 Å². The van der Waals surface area contributed by atoms with Gasteiger partial charge in [0.05, 0.1) is 5.92 Å². The number of hydrogen-bond donors (Lipinski definition) is 1. The van der Waals surface area contributed by atoms with Gasteiger partial charge in [0.25, 0.3) is 0 Å². The highest BCUT2D eigenvalue weighted by Crippen LogP contribution is 2.28. The van der Waals surface area contributed by atoms with Gasteiger partial charge in [-0.3, -0.25) is 9.74 Å². The molecule has 5 heteroatoms. The molecule has 0 saturated heterocycles. The lowest BCUT2D eigenvalue weighted by atomic mass is 9.97. The highest BCUT2D eigenvalue weighted by Gasteiger charge is 2.16. The second-order valence-corrected chi connectivity index (χ2v) is 4.40. The van der Waals surface area contributed by atoms with E-state index in [-0.39, 0.29) is 11.3 Å². The molecule has 2 rings (SSSR count). The van der Waals surface area contributed by atoms with Crippen molar-refractivity contribution in [3.8, 4) is 16.9 Å². The standard InChI is InChI=1S/C15H12F2O3/c1-9(15(18)19)10-5-6-13(14(16)8-10)11-3-2-4-12(7-11)20-17/h2-9H,1H3,(H,18,19). The summed E-state index contributed by atoms with van der Waals surface area (Å²) in [5.41, 5.74) is 1.08. The molecule has 20 heavy (non-hydrogen) atoms. The lowest BCUT2D eigenvalue weighted by Crippen LogP contribution is -2.07. The van der Waals surface area contributed by atoms with Crippen molar-refractivity contribution in [1.82, 2.24) is 0 Å². The Hall–Kier alpha value is -2.43. The molecule has 1 unspecified atom stereocenters. The number of rotatable bonds is 4. The predicted octanol–water partition coefficient (Wildman–Crippen LogP) is 3.94. The topological polar surface area (TPSA) is 46.5 Å². The Kier molecular flexibility index (Phi) is 3.98. The molecule has 104 valence electrons. The average molecular weight is 278 g/mol.